The SMILES string of the molecule is CCCCCCCCC(=O)C1=[N+](CC(O)CS(=O)(=O)[O-])CCN1CCO.[Na+]. The molecule has 0 saturated heterocycles. The Hall–Kier alpha value is -0.0300. The summed E-state index contributed by atoms with van der Waals surface area (Å²) in [6, 6.07) is 0. The minimum Gasteiger partial charge on any atom is -0.748 e. The summed E-state index contributed by atoms with van der Waals surface area (Å²) in [4.78, 5) is 14.4. The van der Waals surface area contributed by atoms with Crippen LogP contribution < -0.4 is 29.6 Å². The number of β-amino-alcohol motifs (C(OH)–C–C–N with tert-alkyl or cyclic N) is 2. The largest absolute Gasteiger partial charge is 1.00 e. The molecule has 1 rings (SSSR count). The minimum atomic E-state index is -4.53. The third-order valence-corrected chi connectivity index (χ3v) is 5.24. The molecule has 8 nitrogen and oxygen atoms in total. The number of amidine groups is 1. The first-order chi connectivity index (χ1) is 12.3. The van der Waals surface area contributed by atoms with Crippen molar-refractivity contribution < 1.29 is 62.1 Å². The predicted molar refractivity (Wildman–Crippen MR) is 97.2 cm³/mol. The number of hydrogen-bond donors (Lipinski definition) is 2. The molecule has 0 radical (unpaired) electrons. The number of aliphatic hydroxyl groups excluding tert-OH is 2. The molecule has 1 unspecified atom stereocenters. The van der Waals surface area contributed by atoms with E-state index in [1.807, 2.05) is 0 Å². The van der Waals surface area contributed by atoms with Crippen molar-refractivity contribution >= 4 is 21.7 Å². The van der Waals surface area contributed by atoms with Crippen LogP contribution in [0, 0.1) is 0 Å². The monoisotopic (exact) mass is 415 g/mol. The fraction of sp³-hybridized carbons (Fsp3) is 0.882. The van der Waals surface area contributed by atoms with Gasteiger partial charge in [0.05, 0.1) is 22.5 Å². The summed E-state index contributed by atoms with van der Waals surface area (Å²) >= 11 is 0. The second kappa shape index (κ2) is 14.0. The average molecular weight is 416 g/mol. The minimum absolute atomic E-state index is 0. The molecule has 0 aromatic heterocycles. The molecule has 0 saturated carbocycles. The van der Waals surface area contributed by atoms with Crippen LogP contribution in [0.5, 0.6) is 0 Å². The van der Waals surface area contributed by atoms with E-state index in [1.54, 1.807) is 9.48 Å². The quantitative estimate of drug-likeness (QED) is 0.134. The molecule has 0 aliphatic carbocycles. The van der Waals surface area contributed by atoms with Gasteiger partial charge in [-0.1, -0.05) is 39.0 Å². The van der Waals surface area contributed by atoms with Crippen molar-refractivity contribution in [2.24, 2.45) is 0 Å². The summed E-state index contributed by atoms with van der Waals surface area (Å²) in [5, 5.41) is 19.0. The topological polar surface area (TPSA) is 121 Å². The van der Waals surface area contributed by atoms with Crippen LogP contribution in [0.1, 0.15) is 51.9 Å². The molecule has 27 heavy (non-hydrogen) atoms. The molecule has 1 aliphatic rings. The zero-order valence-corrected chi connectivity index (χ0v) is 19.4. The van der Waals surface area contributed by atoms with Gasteiger partial charge < -0.3 is 14.8 Å². The zero-order valence-electron chi connectivity index (χ0n) is 16.6. The Morgan fingerprint density at radius 1 is 1.26 bits per heavy atom. The molecule has 1 aliphatic heterocycles. The van der Waals surface area contributed by atoms with Crippen molar-refractivity contribution in [2.45, 2.75) is 58.0 Å². The maximum Gasteiger partial charge on any atom is 1.00 e. The van der Waals surface area contributed by atoms with Gasteiger partial charge in [-0.05, 0) is 6.42 Å². The maximum absolute atomic E-state index is 12.6. The number of carbonyl (C=O) groups excluding carboxylic acids is 1. The Labute approximate surface area is 184 Å². The summed E-state index contributed by atoms with van der Waals surface area (Å²) in [6.07, 6.45) is 5.44. The van der Waals surface area contributed by atoms with Crippen LogP contribution in [-0.4, -0.2) is 88.9 Å². The number of carbonyl (C=O) groups is 1. The van der Waals surface area contributed by atoms with E-state index in [1.165, 1.54) is 19.3 Å². The fourth-order valence-electron chi connectivity index (χ4n) is 3.24. The van der Waals surface area contributed by atoms with E-state index in [2.05, 4.69) is 6.92 Å². The van der Waals surface area contributed by atoms with Crippen LogP contribution in [0.2, 0.25) is 0 Å². The standard InChI is InChI=1S/C17H32N2O6S.Na/c1-2-3-4-5-6-7-8-16(22)17-18(11-12-20)9-10-19(17)13-15(21)14-26(23,24)25;/h15,20-21H,2-14H2,1H3;/q;+1. The van der Waals surface area contributed by atoms with Crippen molar-refractivity contribution in [1.29, 1.82) is 0 Å². The van der Waals surface area contributed by atoms with Gasteiger partial charge in [0.1, 0.15) is 32.3 Å². The van der Waals surface area contributed by atoms with E-state index >= 15 is 0 Å². The van der Waals surface area contributed by atoms with Crippen molar-refractivity contribution in [3.8, 4) is 0 Å². The molecule has 2 N–H and O–H groups in total. The van der Waals surface area contributed by atoms with Crippen molar-refractivity contribution in [2.75, 3.05) is 38.5 Å². The molecule has 0 aromatic carbocycles. The number of aliphatic hydroxyl groups is 2. The van der Waals surface area contributed by atoms with Gasteiger partial charge in [-0.3, -0.25) is 14.3 Å². The Balaban J connectivity index is 0.00000676. The summed E-state index contributed by atoms with van der Waals surface area (Å²) in [5.74, 6) is -0.527. The van der Waals surface area contributed by atoms with Crippen LogP contribution in [0.3, 0.4) is 0 Å². The number of Topliss-reactive ketones (excluding diaryl/α,β-unsaturated/α-hetero) is 1. The van der Waals surface area contributed by atoms with E-state index in [9.17, 15) is 28.0 Å². The molecule has 0 aromatic rings. The first-order valence-electron chi connectivity index (χ1n) is 9.41. The average Bonchev–Trinajstić information content (AvgIpc) is 2.91. The van der Waals surface area contributed by atoms with Crippen LogP contribution in [0.4, 0.5) is 0 Å². The van der Waals surface area contributed by atoms with Crippen molar-refractivity contribution in [3.63, 3.8) is 0 Å². The van der Waals surface area contributed by atoms with Crippen LogP contribution in [0.15, 0.2) is 0 Å². The van der Waals surface area contributed by atoms with E-state index in [-0.39, 0.29) is 48.5 Å². The zero-order chi connectivity index (χ0) is 19.6. The van der Waals surface area contributed by atoms with E-state index in [4.69, 9.17) is 0 Å². The molecule has 1 heterocycles. The van der Waals surface area contributed by atoms with E-state index in [0.717, 1.165) is 19.3 Å². The molecular formula is C17H32N2NaO6S+. The Bertz CT molecular complexity index is 582. The maximum atomic E-state index is 12.6. The molecule has 0 bridgehead atoms. The third-order valence-electron chi connectivity index (χ3n) is 4.44. The van der Waals surface area contributed by atoms with Gasteiger partial charge in [0.25, 0.3) is 0 Å². The van der Waals surface area contributed by atoms with Gasteiger partial charge in [-0.2, -0.15) is 0 Å². The molecule has 10 heteroatoms. The normalized spacial score (nSPS) is 15.8. The molecule has 1 atom stereocenters. The fourth-order valence-corrected chi connectivity index (χ4v) is 3.82. The Kier molecular flexibility index (Phi) is 14.0. The van der Waals surface area contributed by atoms with E-state index in [0.29, 0.717) is 31.9 Å². The van der Waals surface area contributed by atoms with Gasteiger partial charge in [0.15, 0.2) is 0 Å². The number of unbranched alkanes of at least 4 members (excludes halogenated alkanes) is 5. The summed E-state index contributed by atoms with van der Waals surface area (Å²) in [6.45, 7) is 3.25. The molecule has 0 fully saturated rings. The number of ketones is 1. The van der Waals surface area contributed by atoms with Crippen LogP contribution in [-0.2, 0) is 14.9 Å². The third kappa shape index (κ3) is 10.9. The first kappa shape index (κ1) is 27.0. The number of nitrogens with zero attached hydrogens (tertiary/aromatic N) is 2. The second-order valence-corrected chi connectivity index (χ2v) is 8.25. The molecular weight excluding hydrogens is 383 g/mol. The van der Waals surface area contributed by atoms with Gasteiger partial charge in [-0.25, -0.2) is 8.42 Å². The Morgan fingerprint density at radius 2 is 1.89 bits per heavy atom. The van der Waals surface area contributed by atoms with Gasteiger partial charge >= 0.3 is 35.4 Å². The summed E-state index contributed by atoms with van der Waals surface area (Å²) in [7, 11) is -4.53. The van der Waals surface area contributed by atoms with Gasteiger partial charge in [-0.15, -0.1) is 0 Å². The van der Waals surface area contributed by atoms with Crippen LogP contribution >= 0.6 is 0 Å². The smallest absolute Gasteiger partial charge is 0.748 e. The summed E-state index contributed by atoms with van der Waals surface area (Å²) < 4.78 is 34.0. The molecule has 0 spiro atoms. The van der Waals surface area contributed by atoms with Gasteiger partial charge in [0.2, 0.25) is 5.78 Å². The number of hydrogen-bond acceptors (Lipinski definition) is 7. The molecule has 0 amide bonds. The van der Waals surface area contributed by atoms with Crippen LogP contribution in [0.25, 0.3) is 0 Å². The number of rotatable bonds is 14. The van der Waals surface area contributed by atoms with Gasteiger partial charge in [0, 0.05) is 6.42 Å². The van der Waals surface area contributed by atoms with Crippen molar-refractivity contribution in [1.82, 2.24) is 4.90 Å². The van der Waals surface area contributed by atoms with E-state index < -0.39 is 22.0 Å². The Morgan fingerprint density at radius 3 is 2.48 bits per heavy atom. The molecule has 152 valence electrons. The first-order valence-corrected chi connectivity index (χ1v) is 11.0. The predicted octanol–water partition coefficient (Wildman–Crippen LogP) is -3.06. The van der Waals surface area contributed by atoms with Crippen molar-refractivity contribution in [3.05, 3.63) is 0 Å². The second-order valence-electron chi connectivity index (χ2n) is 6.80. The summed E-state index contributed by atoms with van der Waals surface area (Å²) in [5.41, 5.74) is 0.